The first-order valence-corrected chi connectivity index (χ1v) is 7.04. The average molecular weight is 348 g/mol. The second kappa shape index (κ2) is 5.29. The van der Waals surface area contributed by atoms with Crippen LogP contribution < -0.4 is 5.73 Å². The molecule has 0 saturated heterocycles. The van der Waals surface area contributed by atoms with Gasteiger partial charge in [-0.25, -0.2) is 9.37 Å². The van der Waals surface area contributed by atoms with Crippen molar-refractivity contribution in [1.29, 1.82) is 0 Å². The Hall–Kier alpha value is -2.21. The van der Waals surface area contributed by atoms with E-state index in [4.69, 9.17) is 5.73 Å². The molecular formula is C15H11BrFN3O. The third kappa shape index (κ3) is 2.67. The van der Waals surface area contributed by atoms with E-state index in [1.54, 1.807) is 28.8 Å². The zero-order chi connectivity index (χ0) is 15.0. The van der Waals surface area contributed by atoms with Gasteiger partial charge in [0.05, 0.1) is 5.69 Å². The number of benzene rings is 1. The van der Waals surface area contributed by atoms with Gasteiger partial charge in [0, 0.05) is 17.1 Å². The van der Waals surface area contributed by atoms with Crippen LogP contribution >= 0.6 is 15.9 Å². The van der Waals surface area contributed by atoms with Crippen LogP contribution in [0.3, 0.4) is 0 Å². The molecule has 2 N–H and O–H groups in total. The lowest BCUT2D eigenvalue weighted by atomic mass is 10.1. The number of nitrogens with zero attached hydrogens (tertiary/aromatic N) is 2. The van der Waals surface area contributed by atoms with E-state index in [0.717, 1.165) is 10.0 Å². The Balaban J connectivity index is 2.11. The normalized spacial score (nSPS) is 11.0. The van der Waals surface area contributed by atoms with Crippen LogP contribution in [0.25, 0.3) is 5.65 Å². The standard InChI is InChI=1S/C15H11BrFN3O/c16-10-3-6-13-19-12(14(15(18)21)20(13)8-10)7-9-1-4-11(17)5-2-9/h1-6,8H,7H2,(H2,18,21). The Bertz CT molecular complexity index is 827. The molecule has 6 heteroatoms. The highest BCUT2D eigenvalue weighted by Crippen LogP contribution is 2.19. The molecule has 21 heavy (non-hydrogen) atoms. The fourth-order valence-electron chi connectivity index (χ4n) is 2.25. The molecule has 0 aliphatic rings. The van der Waals surface area contributed by atoms with Crippen molar-refractivity contribution in [2.24, 2.45) is 5.73 Å². The topological polar surface area (TPSA) is 60.4 Å². The number of pyridine rings is 1. The van der Waals surface area contributed by atoms with Gasteiger partial charge in [-0.2, -0.15) is 0 Å². The summed E-state index contributed by atoms with van der Waals surface area (Å²) in [5.74, 6) is -0.842. The van der Waals surface area contributed by atoms with E-state index < -0.39 is 5.91 Å². The van der Waals surface area contributed by atoms with Crippen molar-refractivity contribution in [2.75, 3.05) is 0 Å². The molecule has 0 aliphatic heterocycles. The van der Waals surface area contributed by atoms with Crippen molar-refractivity contribution in [3.05, 3.63) is 69.8 Å². The van der Waals surface area contributed by atoms with Crippen molar-refractivity contribution in [3.63, 3.8) is 0 Å². The van der Waals surface area contributed by atoms with Crippen molar-refractivity contribution in [1.82, 2.24) is 9.38 Å². The fourth-order valence-corrected chi connectivity index (χ4v) is 2.58. The van der Waals surface area contributed by atoms with E-state index in [-0.39, 0.29) is 5.82 Å². The SMILES string of the molecule is NC(=O)c1c(Cc2ccc(F)cc2)nc2ccc(Br)cn12. The lowest BCUT2D eigenvalue weighted by molar-refractivity contribution is 0.0994. The van der Waals surface area contributed by atoms with E-state index in [1.165, 1.54) is 12.1 Å². The first-order valence-electron chi connectivity index (χ1n) is 6.25. The summed E-state index contributed by atoms with van der Waals surface area (Å²) in [7, 11) is 0. The van der Waals surface area contributed by atoms with E-state index in [2.05, 4.69) is 20.9 Å². The maximum absolute atomic E-state index is 12.9. The molecule has 0 spiro atoms. The minimum Gasteiger partial charge on any atom is -0.364 e. The number of nitrogens with two attached hydrogens (primary N) is 1. The molecule has 0 atom stereocenters. The second-order valence-corrected chi connectivity index (χ2v) is 5.57. The summed E-state index contributed by atoms with van der Waals surface area (Å²) in [6.07, 6.45) is 2.16. The van der Waals surface area contributed by atoms with Gasteiger partial charge < -0.3 is 5.73 Å². The van der Waals surface area contributed by atoms with Crippen LogP contribution in [0.4, 0.5) is 4.39 Å². The van der Waals surface area contributed by atoms with Gasteiger partial charge in [0.1, 0.15) is 17.2 Å². The summed E-state index contributed by atoms with van der Waals surface area (Å²) in [5, 5.41) is 0. The van der Waals surface area contributed by atoms with Crippen LogP contribution in [0, 0.1) is 5.82 Å². The largest absolute Gasteiger partial charge is 0.364 e. The first-order chi connectivity index (χ1) is 10.0. The molecule has 106 valence electrons. The maximum atomic E-state index is 12.9. The van der Waals surface area contributed by atoms with Gasteiger partial charge >= 0.3 is 0 Å². The van der Waals surface area contributed by atoms with E-state index in [1.807, 2.05) is 6.07 Å². The second-order valence-electron chi connectivity index (χ2n) is 4.65. The number of hydrogen-bond acceptors (Lipinski definition) is 2. The molecule has 4 nitrogen and oxygen atoms in total. The summed E-state index contributed by atoms with van der Waals surface area (Å²) >= 11 is 3.36. The third-order valence-corrected chi connectivity index (χ3v) is 3.64. The molecule has 2 aromatic heterocycles. The Labute approximate surface area is 128 Å². The molecule has 0 fully saturated rings. The van der Waals surface area contributed by atoms with Gasteiger partial charge in [-0.3, -0.25) is 9.20 Å². The van der Waals surface area contributed by atoms with Gasteiger partial charge in [-0.1, -0.05) is 12.1 Å². The molecule has 0 saturated carbocycles. The van der Waals surface area contributed by atoms with E-state index in [9.17, 15) is 9.18 Å². The number of primary amides is 1. The molecule has 3 rings (SSSR count). The smallest absolute Gasteiger partial charge is 0.267 e. The number of carbonyl (C=O) groups is 1. The minimum absolute atomic E-state index is 0.298. The number of halogens is 2. The van der Waals surface area contributed by atoms with Crippen LogP contribution in [0.2, 0.25) is 0 Å². The molecule has 2 heterocycles. The summed E-state index contributed by atoms with van der Waals surface area (Å²) in [6, 6.07) is 9.73. The molecule has 0 radical (unpaired) electrons. The fraction of sp³-hybridized carbons (Fsp3) is 0.0667. The zero-order valence-electron chi connectivity index (χ0n) is 10.9. The number of hydrogen-bond donors (Lipinski definition) is 1. The molecule has 1 amide bonds. The summed E-state index contributed by atoms with van der Waals surface area (Å²) < 4.78 is 15.4. The highest BCUT2D eigenvalue weighted by Gasteiger charge is 2.17. The quantitative estimate of drug-likeness (QED) is 0.791. The molecular weight excluding hydrogens is 337 g/mol. The van der Waals surface area contributed by atoms with Crippen LogP contribution in [0.1, 0.15) is 21.7 Å². The lowest BCUT2D eigenvalue weighted by Gasteiger charge is -2.02. The summed E-state index contributed by atoms with van der Waals surface area (Å²) in [6.45, 7) is 0. The van der Waals surface area contributed by atoms with Crippen molar-refractivity contribution in [2.45, 2.75) is 6.42 Å². The van der Waals surface area contributed by atoms with E-state index >= 15 is 0 Å². The third-order valence-electron chi connectivity index (χ3n) is 3.17. The predicted molar refractivity (Wildman–Crippen MR) is 80.6 cm³/mol. The molecule has 3 aromatic rings. The van der Waals surface area contributed by atoms with Gasteiger partial charge in [-0.05, 0) is 45.8 Å². The molecule has 0 aliphatic carbocycles. The Morgan fingerprint density at radius 2 is 1.95 bits per heavy atom. The Morgan fingerprint density at radius 3 is 2.62 bits per heavy atom. The number of rotatable bonds is 3. The van der Waals surface area contributed by atoms with E-state index in [0.29, 0.717) is 23.5 Å². The summed E-state index contributed by atoms with van der Waals surface area (Å²) in [4.78, 5) is 16.2. The van der Waals surface area contributed by atoms with Crippen LogP contribution in [0.15, 0.2) is 47.1 Å². The molecule has 0 unspecified atom stereocenters. The number of carbonyl (C=O) groups excluding carboxylic acids is 1. The van der Waals surface area contributed by atoms with Crippen molar-refractivity contribution < 1.29 is 9.18 Å². The highest BCUT2D eigenvalue weighted by molar-refractivity contribution is 9.10. The number of imidazole rings is 1. The number of aromatic nitrogens is 2. The zero-order valence-corrected chi connectivity index (χ0v) is 12.5. The van der Waals surface area contributed by atoms with Crippen LogP contribution in [-0.2, 0) is 6.42 Å². The van der Waals surface area contributed by atoms with Crippen molar-refractivity contribution in [3.8, 4) is 0 Å². The highest BCUT2D eigenvalue weighted by atomic mass is 79.9. The molecule has 1 aromatic carbocycles. The average Bonchev–Trinajstić information content (AvgIpc) is 2.78. The number of amides is 1. The Kier molecular flexibility index (Phi) is 3.47. The Morgan fingerprint density at radius 1 is 1.24 bits per heavy atom. The van der Waals surface area contributed by atoms with Gasteiger partial charge in [0.15, 0.2) is 0 Å². The summed E-state index contributed by atoms with van der Waals surface area (Å²) in [5.41, 5.74) is 7.90. The molecule has 0 bridgehead atoms. The minimum atomic E-state index is -0.544. The number of fused-ring (bicyclic) bond motifs is 1. The lowest BCUT2D eigenvalue weighted by Crippen LogP contribution is -2.16. The van der Waals surface area contributed by atoms with Gasteiger partial charge in [-0.15, -0.1) is 0 Å². The van der Waals surface area contributed by atoms with Gasteiger partial charge in [0.25, 0.3) is 5.91 Å². The van der Waals surface area contributed by atoms with Crippen molar-refractivity contribution >= 4 is 27.5 Å². The van der Waals surface area contributed by atoms with Crippen LogP contribution in [0.5, 0.6) is 0 Å². The first kappa shape index (κ1) is 13.8. The van der Waals surface area contributed by atoms with Gasteiger partial charge in [0.2, 0.25) is 0 Å². The van der Waals surface area contributed by atoms with Crippen LogP contribution in [-0.4, -0.2) is 15.3 Å². The predicted octanol–water partition coefficient (Wildman–Crippen LogP) is 2.93. The maximum Gasteiger partial charge on any atom is 0.267 e. The monoisotopic (exact) mass is 347 g/mol.